The van der Waals surface area contributed by atoms with Crippen LogP contribution >= 0.6 is 15.9 Å². The Bertz CT molecular complexity index is 754. The van der Waals surface area contributed by atoms with Gasteiger partial charge in [0.15, 0.2) is 0 Å². The fourth-order valence-electron chi connectivity index (χ4n) is 2.19. The molecule has 0 saturated heterocycles. The number of fused-ring (bicyclic) bond motifs is 1. The normalized spacial score (nSPS) is 12.6. The van der Waals surface area contributed by atoms with Gasteiger partial charge in [-0.1, -0.05) is 18.2 Å². The van der Waals surface area contributed by atoms with Crippen LogP contribution in [0.25, 0.3) is 10.9 Å². The Kier molecular flexibility index (Phi) is 3.44. The Hall–Kier alpha value is -1.88. The lowest BCUT2D eigenvalue weighted by molar-refractivity contribution is 0.619. The van der Waals surface area contributed by atoms with Gasteiger partial charge in [0, 0.05) is 11.4 Å². The first-order chi connectivity index (χ1) is 9.65. The standard InChI is InChI=1S/C15H13BrFN3/c1-9(10-5-6-13(17)12(16)7-10)19-14-4-2-3-11-8-18-20-15(11)14/h2-9,19H,1H3,(H,18,20). The molecule has 0 saturated carbocycles. The highest BCUT2D eigenvalue weighted by molar-refractivity contribution is 9.10. The third-order valence-electron chi connectivity index (χ3n) is 3.29. The summed E-state index contributed by atoms with van der Waals surface area (Å²) >= 11 is 3.21. The van der Waals surface area contributed by atoms with E-state index in [-0.39, 0.29) is 11.9 Å². The van der Waals surface area contributed by atoms with Crippen molar-refractivity contribution < 1.29 is 4.39 Å². The molecule has 5 heteroatoms. The summed E-state index contributed by atoms with van der Waals surface area (Å²) in [5.74, 6) is -0.253. The minimum Gasteiger partial charge on any atom is -0.377 e. The van der Waals surface area contributed by atoms with E-state index < -0.39 is 0 Å². The molecule has 0 radical (unpaired) electrons. The Balaban J connectivity index is 1.90. The van der Waals surface area contributed by atoms with Crippen molar-refractivity contribution in [3.63, 3.8) is 0 Å². The number of hydrogen-bond donors (Lipinski definition) is 2. The van der Waals surface area contributed by atoms with Crippen LogP contribution in [0.15, 0.2) is 47.1 Å². The van der Waals surface area contributed by atoms with Crippen molar-refractivity contribution in [1.29, 1.82) is 0 Å². The van der Waals surface area contributed by atoms with Crippen LogP contribution < -0.4 is 5.32 Å². The number of benzene rings is 2. The van der Waals surface area contributed by atoms with E-state index in [0.717, 1.165) is 22.2 Å². The molecule has 2 aromatic carbocycles. The predicted octanol–water partition coefficient (Wildman–Crippen LogP) is 4.64. The molecule has 1 atom stereocenters. The number of nitrogens with zero attached hydrogens (tertiary/aromatic N) is 1. The first kappa shape index (κ1) is 13.1. The lowest BCUT2D eigenvalue weighted by atomic mass is 10.1. The first-order valence-electron chi connectivity index (χ1n) is 6.29. The molecule has 1 heterocycles. The summed E-state index contributed by atoms with van der Waals surface area (Å²) in [5, 5.41) is 11.5. The monoisotopic (exact) mass is 333 g/mol. The number of H-pyrrole nitrogens is 1. The molecule has 20 heavy (non-hydrogen) atoms. The Morgan fingerprint density at radius 3 is 2.95 bits per heavy atom. The number of halogens is 2. The lowest BCUT2D eigenvalue weighted by Gasteiger charge is -2.16. The van der Waals surface area contributed by atoms with Crippen molar-refractivity contribution >= 4 is 32.5 Å². The Morgan fingerprint density at radius 1 is 1.30 bits per heavy atom. The molecule has 0 aliphatic carbocycles. The molecule has 3 rings (SSSR count). The van der Waals surface area contributed by atoms with E-state index >= 15 is 0 Å². The van der Waals surface area contributed by atoms with Gasteiger partial charge < -0.3 is 5.32 Å². The van der Waals surface area contributed by atoms with Crippen LogP contribution in [0, 0.1) is 5.82 Å². The fraction of sp³-hybridized carbons (Fsp3) is 0.133. The third kappa shape index (κ3) is 2.41. The SMILES string of the molecule is CC(Nc1cccc2cn[nH]c12)c1ccc(F)c(Br)c1. The second-order valence-electron chi connectivity index (χ2n) is 4.68. The molecular formula is C15H13BrFN3. The highest BCUT2D eigenvalue weighted by atomic mass is 79.9. The van der Waals surface area contributed by atoms with Crippen molar-refractivity contribution in [2.24, 2.45) is 0 Å². The highest BCUT2D eigenvalue weighted by Gasteiger charge is 2.10. The predicted molar refractivity (Wildman–Crippen MR) is 82.2 cm³/mol. The van der Waals surface area contributed by atoms with E-state index in [9.17, 15) is 4.39 Å². The minimum atomic E-state index is -0.253. The number of aromatic amines is 1. The zero-order chi connectivity index (χ0) is 14.1. The van der Waals surface area contributed by atoms with Crippen LogP contribution in [0.3, 0.4) is 0 Å². The molecule has 1 unspecified atom stereocenters. The van der Waals surface area contributed by atoms with E-state index in [1.54, 1.807) is 18.3 Å². The Morgan fingerprint density at radius 2 is 2.15 bits per heavy atom. The van der Waals surface area contributed by atoms with Crippen LogP contribution in [-0.2, 0) is 0 Å². The average Bonchev–Trinajstić information content (AvgIpc) is 2.91. The molecule has 0 fully saturated rings. The zero-order valence-electron chi connectivity index (χ0n) is 10.8. The molecule has 3 aromatic rings. The van der Waals surface area contributed by atoms with Gasteiger partial charge in [-0.05, 0) is 46.6 Å². The molecule has 0 bridgehead atoms. The smallest absolute Gasteiger partial charge is 0.137 e. The maximum absolute atomic E-state index is 13.3. The lowest BCUT2D eigenvalue weighted by Crippen LogP contribution is -2.07. The molecule has 0 aliphatic heterocycles. The van der Waals surface area contributed by atoms with Gasteiger partial charge in [-0.25, -0.2) is 4.39 Å². The first-order valence-corrected chi connectivity index (χ1v) is 7.08. The summed E-state index contributed by atoms with van der Waals surface area (Å²) in [4.78, 5) is 0. The van der Waals surface area contributed by atoms with E-state index in [1.165, 1.54) is 6.07 Å². The van der Waals surface area contributed by atoms with Crippen LogP contribution in [0.5, 0.6) is 0 Å². The van der Waals surface area contributed by atoms with Gasteiger partial charge in [-0.2, -0.15) is 5.10 Å². The molecule has 0 aliphatic rings. The van der Waals surface area contributed by atoms with Gasteiger partial charge in [-0.3, -0.25) is 5.10 Å². The molecule has 3 nitrogen and oxygen atoms in total. The number of para-hydroxylation sites is 1. The maximum atomic E-state index is 13.3. The van der Waals surface area contributed by atoms with Gasteiger partial charge in [0.25, 0.3) is 0 Å². The summed E-state index contributed by atoms with van der Waals surface area (Å²) < 4.78 is 13.8. The van der Waals surface area contributed by atoms with Crippen molar-refractivity contribution in [1.82, 2.24) is 10.2 Å². The summed E-state index contributed by atoms with van der Waals surface area (Å²) in [5.41, 5.74) is 2.96. The number of aromatic nitrogens is 2. The Labute approximate surface area is 124 Å². The molecule has 2 N–H and O–H groups in total. The van der Waals surface area contributed by atoms with Crippen LogP contribution in [0.4, 0.5) is 10.1 Å². The number of anilines is 1. The average molecular weight is 334 g/mol. The zero-order valence-corrected chi connectivity index (χ0v) is 12.4. The van der Waals surface area contributed by atoms with Crippen LogP contribution in [0.1, 0.15) is 18.5 Å². The van der Waals surface area contributed by atoms with Gasteiger partial charge >= 0.3 is 0 Å². The van der Waals surface area contributed by atoms with Crippen molar-refractivity contribution in [3.8, 4) is 0 Å². The van der Waals surface area contributed by atoms with Gasteiger partial charge in [0.2, 0.25) is 0 Å². The quantitative estimate of drug-likeness (QED) is 0.733. The number of nitrogens with one attached hydrogen (secondary N) is 2. The van der Waals surface area contributed by atoms with Gasteiger partial charge in [0.1, 0.15) is 5.82 Å². The maximum Gasteiger partial charge on any atom is 0.137 e. The van der Waals surface area contributed by atoms with Gasteiger partial charge in [-0.15, -0.1) is 0 Å². The number of hydrogen-bond acceptors (Lipinski definition) is 2. The van der Waals surface area contributed by atoms with Gasteiger partial charge in [0.05, 0.1) is 21.9 Å². The van der Waals surface area contributed by atoms with Crippen LogP contribution in [-0.4, -0.2) is 10.2 Å². The third-order valence-corrected chi connectivity index (χ3v) is 3.90. The molecule has 0 spiro atoms. The summed E-state index contributed by atoms with van der Waals surface area (Å²) in [6, 6.07) is 11.1. The highest BCUT2D eigenvalue weighted by Crippen LogP contribution is 2.27. The number of rotatable bonds is 3. The van der Waals surface area contributed by atoms with E-state index in [1.807, 2.05) is 25.1 Å². The van der Waals surface area contributed by atoms with Crippen LogP contribution in [0.2, 0.25) is 0 Å². The van der Waals surface area contributed by atoms with Crippen molar-refractivity contribution in [2.45, 2.75) is 13.0 Å². The molecule has 102 valence electrons. The summed E-state index contributed by atoms with van der Waals surface area (Å²) in [6.45, 7) is 2.04. The van der Waals surface area contributed by atoms with Crippen molar-refractivity contribution in [3.05, 3.63) is 58.4 Å². The van der Waals surface area contributed by atoms with E-state index in [0.29, 0.717) is 4.47 Å². The largest absolute Gasteiger partial charge is 0.377 e. The summed E-state index contributed by atoms with van der Waals surface area (Å²) in [7, 11) is 0. The second kappa shape index (κ2) is 5.25. The topological polar surface area (TPSA) is 40.7 Å². The summed E-state index contributed by atoms with van der Waals surface area (Å²) in [6.07, 6.45) is 1.79. The van der Waals surface area contributed by atoms with Crippen molar-refractivity contribution in [2.75, 3.05) is 5.32 Å². The molecular weight excluding hydrogens is 321 g/mol. The van der Waals surface area contributed by atoms with E-state index in [4.69, 9.17) is 0 Å². The fourth-order valence-corrected chi connectivity index (χ4v) is 2.58. The van der Waals surface area contributed by atoms with E-state index in [2.05, 4.69) is 31.4 Å². The molecule has 0 amide bonds. The second-order valence-corrected chi connectivity index (χ2v) is 5.53. The minimum absolute atomic E-state index is 0.0563. The molecule has 1 aromatic heterocycles.